The average molecular weight is 528 g/mol. The molecule has 3 aliphatic rings. The molecule has 9 N–H and O–H groups in total. The molecular weight excluding hydrogens is 502 g/mol. The molecule has 0 spiro atoms. The molecule has 0 bridgehead atoms. The average Bonchev–Trinajstić information content (AvgIpc) is 2.70. The van der Waals surface area contributed by atoms with Crippen molar-refractivity contribution >= 4 is 17.5 Å². The summed E-state index contributed by atoms with van der Waals surface area (Å²) in [5.74, 6) is -8.86. The van der Waals surface area contributed by atoms with E-state index in [0.717, 1.165) is 0 Å². The van der Waals surface area contributed by atoms with Gasteiger partial charge in [-0.15, -0.1) is 0 Å². The van der Waals surface area contributed by atoms with Crippen molar-refractivity contribution in [1.82, 2.24) is 4.90 Å². The predicted molar refractivity (Wildman–Crippen MR) is 113 cm³/mol. The summed E-state index contributed by atoms with van der Waals surface area (Å²) in [7, 11) is 2.98. The second kappa shape index (κ2) is 8.86. The molecule has 0 aliphatic heterocycles. The number of nitrogens with two attached hydrogens (primary N) is 1. The monoisotopic (exact) mass is 526 g/mol. The van der Waals surface area contributed by atoms with Crippen LogP contribution in [-0.2, 0) is 29.1 Å². The first-order valence-corrected chi connectivity index (χ1v) is 10.0. The van der Waals surface area contributed by atoms with Gasteiger partial charge in [0.15, 0.2) is 11.4 Å². The number of aliphatic hydroxyl groups excluding tert-OH is 3. The number of ketones is 2. The van der Waals surface area contributed by atoms with E-state index in [4.69, 9.17) is 5.73 Å². The molecule has 34 heavy (non-hydrogen) atoms. The normalized spacial score (nSPS) is 32.4. The Morgan fingerprint density at radius 3 is 2.26 bits per heavy atom. The minimum Gasteiger partial charge on any atom is -0.510 e. The van der Waals surface area contributed by atoms with Crippen LogP contribution < -0.4 is 5.73 Å². The second-order valence-electron chi connectivity index (χ2n) is 8.79. The van der Waals surface area contributed by atoms with Crippen LogP contribution in [0.15, 0.2) is 40.9 Å². The summed E-state index contributed by atoms with van der Waals surface area (Å²) in [6.07, 6.45) is -1.59. The largest absolute Gasteiger partial charge is 0.510 e. The predicted octanol–water partition coefficient (Wildman–Crippen LogP) is -1.17. The van der Waals surface area contributed by atoms with Gasteiger partial charge in [0.2, 0.25) is 5.78 Å². The zero-order chi connectivity index (χ0) is 23.9. The fourth-order valence-corrected chi connectivity index (χ4v) is 5.58. The van der Waals surface area contributed by atoms with Crippen molar-refractivity contribution in [3.8, 4) is 5.75 Å². The van der Waals surface area contributed by atoms with Crippen LogP contribution in [0.25, 0.3) is 0 Å². The molecule has 3 aliphatic carbocycles. The first kappa shape index (κ1) is 27.6. The molecule has 12 heteroatoms. The molecule has 1 aromatic rings. The van der Waals surface area contributed by atoms with Crippen molar-refractivity contribution in [2.24, 2.45) is 17.6 Å². The fourth-order valence-electron chi connectivity index (χ4n) is 5.58. The number of phenols is 1. The quantitative estimate of drug-likeness (QED) is 0.201. The summed E-state index contributed by atoms with van der Waals surface area (Å²) in [5.41, 5.74) is 1.36. The van der Waals surface area contributed by atoms with Crippen LogP contribution >= 0.6 is 0 Å². The van der Waals surface area contributed by atoms with Gasteiger partial charge in [-0.2, -0.15) is 0 Å². The fraction of sp³-hybridized carbons (Fsp3) is 0.409. The Labute approximate surface area is 207 Å². The molecule has 0 radical (unpaired) electrons. The van der Waals surface area contributed by atoms with Crippen molar-refractivity contribution in [2.75, 3.05) is 14.1 Å². The van der Waals surface area contributed by atoms with E-state index in [1.165, 1.54) is 25.1 Å². The molecule has 6 atom stereocenters. The molecule has 4 rings (SSSR count). The van der Waals surface area contributed by atoms with Gasteiger partial charge >= 0.3 is 0 Å². The van der Waals surface area contributed by atoms with Crippen LogP contribution in [0.5, 0.6) is 5.75 Å². The summed E-state index contributed by atoms with van der Waals surface area (Å²) in [4.78, 5) is 39.8. The Hall–Kier alpha value is -2.63. The molecule has 1 amide bonds. The molecule has 1 aromatic carbocycles. The second-order valence-corrected chi connectivity index (χ2v) is 8.79. The van der Waals surface area contributed by atoms with Crippen LogP contribution in [0.3, 0.4) is 0 Å². The third-order valence-corrected chi connectivity index (χ3v) is 7.00. The van der Waals surface area contributed by atoms with Gasteiger partial charge in [-0.3, -0.25) is 19.3 Å². The maximum atomic E-state index is 13.3. The first-order valence-electron chi connectivity index (χ1n) is 10.0. The van der Waals surface area contributed by atoms with Gasteiger partial charge < -0.3 is 36.7 Å². The van der Waals surface area contributed by atoms with E-state index in [2.05, 4.69) is 0 Å². The molecule has 180 valence electrons. The van der Waals surface area contributed by atoms with Crippen LogP contribution in [0.4, 0.5) is 0 Å². The number of aliphatic hydroxyl groups is 4. The summed E-state index contributed by atoms with van der Waals surface area (Å²) >= 11 is 0. The molecular formula is C22H26N2O9Zn. The molecule has 0 saturated carbocycles. The Morgan fingerprint density at radius 2 is 1.74 bits per heavy atom. The molecule has 0 fully saturated rings. The van der Waals surface area contributed by atoms with Crippen LogP contribution in [0.1, 0.15) is 28.8 Å². The SMILES string of the molecule is C[C@H]1c2cccc(O)c2C(=O)C2=C(O)[C@]3(O)C(=O)C(C(N)=O)=C(O)[C@@H](N(C)C)[C@@H]3[C@@H](O)[C@@H]21.O.[Zn]. The van der Waals surface area contributed by atoms with Crippen molar-refractivity contribution in [3.63, 3.8) is 0 Å². The summed E-state index contributed by atoms with van der Waals surface area (Å²) in [5, 5.41) is 55.0. The van der Waals surface area contributed by atoms with Crippen molar-refractivity contribution < 1.29 is 64.9 Å². The Balaban J connectivity index is 0.00000204. The summed E-state index contributed by atoms with van der Waals surface area (Å²) in [6, 6.07) is 3.17. The molecule has 0 unspecified atom stereocenters. The van der Waals surface area contributed by atoms with Crippen molar-refractivity contribution in [2.45, 2.75) is 30.6 Å². The minimum atomic E-state index is -2.89. The number of nitrogens with zero attached hydrogens (tertiary/aromatic N) is 1. The smallest absolute Gasteiger partial charge is 0.255 e. The Morgan fingerprint density at radius 1 is 1.15 bits per heavy atom. The molecule has 0 aromatic heterocycles. The van der Waals surface area contributed by atoms with E-state index in [9.17, 15) is 39.9 Å². The third kappa shape index (κ3) is 3.24. The maximum Gasteiger partial charge on any atom is 0.255 e. The van der Waals surface area contributed by atoms with Gasteiger partial charge in [-0.1, -0.05) is 19.1 Å². The molecule has 0 heterocycles. The van der Waals surface area contributed by atoms with Gasteiger partial charge in [0.25, 0.3) is 5.91 Å². The van der Waals surface area contributed by atoms with E-state index >= 15 is 0 Å². The zero-order valence-electron chi connectivity index (χ0n) is 18.8. The summed E-state index contributed by atoms with van der Waals surface area (Å²) in [6.45, 7) is 1.68. The zero-order valence-corrected chi connectivity index (χ0v) is 21.8. The Kier molecular flexibility index (Phi) is 7.20. The number of primary amides is 1. The van der Waals surface area contributed by atoms with Gasteiger partial charge in [0.05, 0.1) is 23.6 Å². The summed E-state index contributed by atoms with van der Waals surface area (Å²) < 4.78 is 0. The number of likely N-dealkylation sites (N-methyl/N-ethyl adjacent to an activating group) is 1. The number of carbonyl (C=O) groups is 3. The van der Waals surface area contributed by atoms with Gasteiger partial charge in [-0.05, 0) is 31.6 Å². The van der Waals surface area contributed by atoms with Gasteiger partial charge in [0, 0.05) is 31.0 Å². The number of hydrogen-bond donors (Lipinski definition) is 6. The number of fused-ring (bicyclic) bond motifs is 3. The van der Waals surface area contributed by atoms with E-state index in [1.54, 1.807) is 19.1 Å². The van der Waals surface area contributed by atoms with E-state index < -0.39 is 75.6 Å². The number of aromatic hydroxyl groups is 1. The van der Waals surface area contributed by atoms with Crippen LogP contribution in [0, 0.1) is 11.8 Å². The van der Waals surface area contributed by atoms with Crippen molar-refractivity contribution in [3.05, 3.63) is 52.0 Å². The molecule has 0 saturated heterocycles. The standard InChI is InChI=1S/C22H24N2O8.H2O.Zn/c1-7-8-5-4-6-9(25)11(8)16(26)12-10(7)17(27)14-15(24(2)3)18(28)13(21(23)31)20(30)22(14,32)19(12)29;;/h4-7,10,14-15,17,25,27-29,32H,1-3H3,(H2,23,31);1H2;/t7-,10+,14+,15-,17-,22-;;/m0../s1. The van der Waals surface area contributed by atoms with E-state index in [-0.39, 0.29) is 36.3 Å². The van der Waals surface area contributed by atoms with Gasteiger partial charge in [0.1, 0.15) is 22.8 Å². The van der Waals surface area contributed by atoms with E-state index in [0.29, 0.717) is 5.56 Å². The van der Waals surface area contributed by atoms with Crippen LogP contribution in [-0.4, -0.2) is 85.2 Å². The Bertz CT molecular complexity index is 1150. The minimum absolute atomic E-state index is 0. The number of carbonyl (C=O) groups excluding carboxylic acids is 3. The van der Waals surface area contributed by atoms with Crippen LogP contribution in [0.2, 0.25) is 0 Å². The maximum absolute atomic E-state index is 13.3. The van der Waals surface area contributed by atoms with Crippen molar-refractivity contribution in [1.29, 1.82) is 0 Å². The first-order chi connectivity index (χ1) is 14.9. The molecule has 11 nitrogen and oxygen atoms in total. The number of hydrogen-bond acceptors (Lipinski definition) is 9. The number of Topliss-reactive ketones (excluding diaryl/α,β-unsaturated/α-hetero) is 2. The number of phenolic OH excluding ortho intramolecular Hbond substituents is 1. The topological polar surface area (TPSA) is 213 Å². The van der Waals surface area contributed by atoms with Gasteiger partial charge in [-0.25, -0.2) is 0 Å². The number of amides is 1. The van der Waals surface area contributed by atoms with E-state index in [1.807, 2.05) is 0 Å². The number of rotatable bonds is 2. The third-order valence-electron chi connectivity index (χ3n) is 7.00. The number of benzene rings is 1.